The van der Waals surface area contributed by atoms with Gasteiger partial charge in [0.05, 0.1) is 11.1 Å². The summed E-state index contributed by atoms with van der Waals surface area (Å²) in [7, 11) is 0. The van der Waals surface area contributed by atoms with Crippen LogP contribution in [0.15, 0.2) is 12.4 Å². The molecule has 19 heavy (non-hydrogen) atoms. The fourth-order valence-corrected chi connectivity index (χ4v) is 2.34. The molecule has 1 aliphatic heterocycles. The molecule has 0 bridgehead atoms. The quantitative estimate of drug-likeness (QED) is 0.891. The highest BCUT2D eigenvalue weighted by atomic mass is 19.4. The molecule has 2 rings (SSSR count). The summed E-state index contributed by atoms with van der Waals surface area (Å²) < 4.78 is 39.4. The Hall–Kier alpha value is -1.50. The van der Waals surface area contributed by atoms with Crippen molar-refractivity contribution in [3.63, 3.8) is 0 Å². The predicted octanol–water partition coefficient (Wildman–Crippen LogP) is 2.35. The van der Waals surface area contributed by atoms with E-state index >= 15 is 0 Å². The fourth-order valence-electron chi connectivity index (χ4n) is 2.34. The number of carboxylic acid groups (broad SMARTS) is 1. The second-order valence-corrected chi connectivity index (χ2v) is 4.73. The lowest BCUT2D eigenvalue weighted by atomic mass is 10.1. The molecule has 1 saturated heterocycles. The van der Waals surface area contributed by atoms with Crippen molar-refractivity contribution in [1.82, 2.24) is 9.88 Å². The van der Waals surface area contributed by atoms with Gasteiger partial charge in [0.25, 0.3) is 0 Å². The minimum absolute atomic E-state index is 0.101. The minimum Gasteiger partial charge on any atom is -0.478 e. The summed E-state index contributed by atoms with van der Waals surface area (Å²) >= 11 is 0. The molecule has 0 aromatic carbocycles. The average Bonchev–Trinajstić information content (AvgIpc) is 2.74. The van der Waals surface area contributed by atoms with Crippen molar-refractivity contribution in [2.75, 3.05) is 6.54 Å². The topological polar surface area (TPSA) is 54.3 Å². The van der Waals surface area contributed by atoms with Gasteiger partial charge in [-0.05, 0) is 19.4 Å². The highest BCUT2D eigenvalue weighted by Gasteiger charge is 2.37. The number of nitrogens with one attached hydrogen (secondary N) is 1. The van der Waals surface area contributed by atoms with Gasteiger partial charge in [-0.1, -0.05) is 6.42 Å². The van der Waals surface area contributed by atoms with Crippen LogP contribution in [0.1, 0.15) is 35.2 Å². The van der Waals surface area contributed by atoms with Crippen LogP contribution in [0.25, 0.3) is 0 Å². The molecule has 0 unspecified atom stereocenters. The van der Waals surface area contributed by atoms with Gasteiger partial charge in [0, 0.05) is 25.0 Å². The Morgan fingerprint density at radius 3 is 2.63 bits per heavy atom. The van der Waals surface area contributed by atoms with E-state index in [1.54, 1.807) is 0 Å². The molecule has 106 valence electrons. The highest BCUT2D eigenvalue weighted by Crippen LogP contribution is 2.32. The van der Waals surface area contributed by atoms with Crippen LogP contribution < -0.4 is 5.32 Å². The van der Waals surface area contributed by atoms with Crippen LogP contribution in [0.2, 0.25) is 0 Å². The monoisotopic (exact) mass is 276 g/mol. The van der Waals surface area contributed by atoms with Crippen LogP contribution in [0.5, 0.6) is 0 Å². The van der Waals surface area contributed by atoms with Crippen LogP contribution in [-0.4, -0.2) is 28.2 Å². The summed E-state index contributed by atoms with van der Waals surface area (Å²) in [6.07, 6.45) is 0.287. The smallest absolute Gasteiger partial charge is 0.418 e. The van der Waals surface area contributed by atoms with Gasteiger partial charge in [0.1, 0.15) is 0 Å². The van der Waals surface area contributed by atoms with E-state index in [0.29, 0.717) is 6.54 Å². The summed E-state index contributed by atoms with van der Waals surface area (Å²) in [6, 6.07) is 0.101. The zero-order valence-corrected chi connectivity index (χ0v) is 10.2. The number of piperidine rings is 1. The van der Waals surface area contributed by atoms with Gasteiger partial charge < -0.3 is 15.0 Å². The first-order chi connectivity index (χ1) is 8.88. The molecule has 0 saturated carbocycles. The lowest BCUT2D eigenvalue weighted by molar-refractivity contribution is -0.138. The zero-order valence-electron chi connectivity index (χ0n) is 10.2. The normalized spacial score (nSPS) is 20.5. The van der Waals surface area contributed by atoms with Crippen LogP contribution in [0, 0.1) is 0 Å². The van der Waals surface area contributed by atoms with Crippen molar-refractivity contribution in [2.24, 2.45) is 0 Å². The number of carbonyl (C=O) groups is 1. The summed E-state index contributed by atoms with van der Waals surface area (Å²) in [4.78, 5) is 10.8. The first kappa shape index (κ1) is 13.9. The molecule has 2 heterocycles. The van der Waals surface area contributed by atoms with Gasteiger partial charge >= 0.3 is 12.1 Å². The fraction of sp³-hybridized carbons (Fsp3) is 0.583. The summed E-state index contributed by atoms with van der Waals surface area (Å²) in [6.45, 7) is 1.21. The first-order valence-electron chi connectivity index (χ1n) is 6.11. The second kappa shape index (κ2) is 5.24. The maximum Gasteiger partial charge on any atom is 0.418 e. The minimum atomic E-state index is -4.64. The molecule has 0 amide bonds. The van der Waals surface area contributed by atoms with E-state index in [-0.39, 0.29) is 6.04 Å². The Kier molecular flexibility index (Phi) is 3.84. The van der Waals surface area contributed by atoms with Crippen molar-refractivity contribution >= 4 is 5.97 Å². The van der Waals surface area contributed by atoms with E-state index in [1.807, 2.05) is 0 Å². The molecule has 0 spiro atoms. The van der Waals surface area contributed by atoms with Gasteiger partial charge in [-0.15, -0.1) is 0 Å². The van der Waals surface area contributed by atoms with Gasteiger partial charge in [-0.3, -0.25) is 0 Å². The van der Waals surface area contributed by atoms with E-state index in [4.69, 9.17) is 5.11 Å². The van der Waals surface area contributed by atoms with E-state index in [9.17, 15) is 18.0 Å². The SMILES string of the molecule is O=C(O)c1cn(C[C@@H]2CCCCN2)cc1C(F)(F)F. The number of hydrogen-bond acceptors (Lipinski definition) is 2. The van der Waals surface area contributed by atoms with Crippen molar-refractivity contribution in [1.29, 1.82) is 0 Å². The van der Waals surface area contributed by atoms with E-state index < -0.39 is 23.3 Å². The molecule has 1 fully saturated rings. The van der Waals surface area contributed by atoms with Crippen LogP contribution >= 0.6 is 0 Å². The number of carboxylic acids is 1. The molecule has 4 nitrogen and oxygen atoms in total. The van der Waals surface area contributed by atoms with Gasteiger partial charge in [0.15, 0.2) is 0 Å². The average molecular weight is 276 g/mol. The lowest BCUT2D eigenvalue weighted by Crippen LogP contribution is -2.37. The maximum absolute atomic E-state index is 12.7. The number of hydrogen-bond donors (Lipinski definition) is 2. The Morgan fingerprint density at radius 1 is 1.42 bits per heavy atom. The second-order valence-electron chi connectivity index (χ2n) is 4.73. The molecule has 0 radical (unpaired) electrons. The lowest BCUT2D eigenvalue weighted by Gasteiger charge is -2.23. The van der Waals surface area contributed by atoms with E-state index in [1.165, 1.54) is 4.57 Å². The van der Waals surface area contributed by atoms with Crippen molar-refractivity contribution in [2.45, 2.75) is 38.0 Å². The van der Waals surface area contributed by atoms with Crippen molar-refractivity contribution < 1.29 is 23.1 Å². The number of nitrogens with zero attached hydrogens (tertiary/aromatic N) is 1. The van der Waals surface area contributed by atoms with Gasteiger partial charge in [-0.25, -0.2) is 4.79 Å². The molecular formula is C12H15F3N2O2. The number of halogens is 3. The largest absolute Gasteiger partial charge is 0.478 e. The Morgan fingerprint density at radius 2 is 2.16 bits per heavy atom. The van der Waals surface area contributed by atoms with Crippen molar-refractivity contribution in [3.05, 3.63) is 23.5 Å². The number of aromatic nitrogens is 1. The first-order valence-corrected chi connectivity index (χ1v) is 6.11. The third-order valence-electron chi connectivity index (χ3n) is 3.26. The standard InChI is InChI=1S/C12H15F3N2O2/c13-12(14,15)10-7-17(6-9(10)11(18)19)5-8-3-1-2-4-16-8/h6-8,16H,1-5H2,(H,18,19)/t8-/m0/s1. The van der Waals surface area contributed by atoms with Crippen LogP contribution in [-0.2, 0) is 12.7 Å². The van der Waals surface area contributed by atoms with Gasteiger partial charge in [0.2, 0.25) is 0 Å². The summed E-state index contributed by atoms with van der Waals surface area (Å²) in [5.74, 6) is -1.55. The van der Waals surface area contributed by atoms with Crippen LogP contribution in [0.4, 0.5) is 13.2 Å². The molecule has 1 atom stereocenters. The van der Waals surface area contributed by atoms with E-state index in [0.717, 1.165) is 38.2 Å². The van der Waals surface area contributed by atoms with Crippen LogP contribution in [0.3, 0.4) is 0 Å². The van der Waals surface area contributed by atoms with Gasteiger partial charge in [-0.2, -0.15) is 13.2 Å². The molecule has 1 aliphatic rings. The molecule has 7 heteroatoms. The highest BCUT2D eigenvalue weighted by molar-refractivity contribution is 5.89. The Labute approximate surface area is 108 Å². The Bertz CT molecular complexity index is 462. The van der Waals surface area contributed by atoms with E-state index in [2.05, 4.69) is 5.32 Å². The summed E-state index contributed by atoms with van der Waals surface area (Å²) in [5, 5.41) is 12.0. The third kappa shape index (κ3) is 3.28. The summed E-state index contributed by atoms with van der Waals surface area (Å²) in [5.41, 5.74) is -1.78. The third-order valence-corrected chi connectivity index (χ3v) is 3.26. The number of rotatable bonds is 3. The molecule has 2 N–H and O–H groups in total. The molecule has 1 aromatic rings. The molecule has 0 aliphatic carbocycles. The Balaban J connectivity index is 2.20. The molecular weight excluding hydrogens is 261 g/mol. The molecule has 1 aromatic heterocycles. The zero-order chi connectivity index (χ0) is 14.0. The van der Waals surface area contributed by atoms with Crippen molar-refractivity contribution in [3.8, 4) is 0 Å². The maximum atomic E-state index is 12.7. The predicted molar refractivity (Wildman–Crippen MR) is 62.0 cm³/mol. The number of alkyl halides is 3. The number of aromatic carboxylic acids is 1.